The van der Waals surface area contributed by atoms with Gasteiger partial charge < -0.3 is 10.2 Å². The summed E-state index contributed by atoms with van der Waals surface area (Å²) < 4.78 is 0. The van der Waals surface area contributed by atoms with Crippen molar-refractivity contribution in [3.05, 3.63) is 58.6 Å². The average Bonchev–Trinajstić information content (AvgIpc) is 3.24. The van der Waals surface area contributed by atoms with Gasteiger partial charge in [-0.2, -0.15) is 0 Å². The van der Waals surface area contributed by atoms with E-state index in [2.05, 4.69) is 22.1 Å². The van der Waals surface area contributed by atoms with Crippen LogP contribution in [0.2, 0.25) is 0 Å². The van der Waals surface area contributed by atoms with E-state index in [0.717, 1.165) is 48.1 Å². The van der Waals surface area contributed by atoms with Gasteiger partial charge in [0.2, 0.25) is 5.91 Å². The molecule has 1 aromatic heterocycles. The minimum atomic E-state index is -0.0837. The summed E-state index contributed by atoms with van der Waals surface area (Å²) in [4.78, 5) is 36.2. The number of carbonyl (C=O) groups excluding carboxylic acids is 2. The van der Waals surface area contributed by atoms with Gasteiger partial charge >= 0.3 is 0 Å². The molecular formula is C25H28N4O2S. The van der Waals surface area contributed by atoms with Gasteiger partial charge in [-0.05, 0) is 36.2 Å². The number of likely N-dealkylation sites (N-methyl/N-ethyl adjacent to an activating group) is 1. The Hall–Kier alpha value is -2.77. The molecule has 7 heteroatoms. The van der Waals surface area contributed by atoms with Crippen molar-refractivity contribution in [1.82, 2.24) is 14.8 Å². The maximum atomic E-state index is 13.2. The number of nitrogens with zero attached hydrogens (tertiary/aromatic N) is 3. The van der Waals surface area contributed by atoms with E-state index in [1.165, 1.54) is 4.88 Å². The van der Waals surface area contributed by atoms with Gasteiger partial charge in [0.15, 0.2) is 5.13 Å². The average molecular weight is 449 g/mol. The number of piperidine rings is 1. The van der Waals surface area contributed by atoms with Crippen LogP contribution in [0.3, 0.4) is 0 Å². The predicted octanol–water partition coefficient (Wildman–Crippen LogP) is 4.17. The van der Waals surface area contributed by atoms with E-state index < -0.39 is 0 Å². The number of rotatable bonds is 4. The Bertz CT molecular complexity index is 1140. The zero-order valence-electron chi connectivity index (χ0n) is 18.3. The van der Waals surface area contributed by atoms with Crippen molar-refractivity contribution in [2.45, 2.75) is 32.7 Å². The molecule has 0 spiro atoms. The van der Waals surface area contributed by atoms with Crippen molar-refractivity contribution in [1.29, 1.82) is 0 Å². The van der Waals surface area contributed by atoms with Crippen LogP contribution in [0.1, 0.15) is 40.7 Å². The van der Waals surface area contributed by atoms with E-state index in [9.17, 15) is 9.59 Å². The van der Waals surface area contributed by atoms with Crippen LogP contribution in [0.5, 0.6) is 0 Å². The van der Waals surface area contributed by atoms with Crippen molar-refractivity contribution in [2.75, 3.05) is 31.5 Å². The number of benzene rings is 2. The molecule has 2 amide bonds. The topological polar surface area (TPSA) is 65.5 Å². The van der Waals surface area contributed by atoms with Gasteiger partial charge in [0.25, 0.3) is 5.91 Å². The number of aromatic nitrogens is 1. The summed E-state index contributed by atoms with van der Waals surface area (Å²) in [5.41, 5.74) is 1.87. The lowest BCUT2D eigenvalue weighted by molar-refractivity contribution is -0.121. The van der Waals surface area contributed by atoms with Crippen LogP contribution in [-0.4, -0.2) is 52.8 Å². The van der Waals surface area contributed by atoms with E-state index in [1.54, 1.807) is 11.3 Å². The summed E-state index contributed by atoms with van der Waals surface area (Å²) in [6.45, 7) is 6.36. The third kappa shape index (κ3) is 4.14. The predicted molar refractivity (Wildman–Crippen MR) is 128 cm³/mol. The van der Waals surface area contributed by atoms with Crippen LogP contribution in [0.15, 0.2) is 42.5 Å². The van der Waals surface area contributed by atoms with Crippen molar-refractivity contribution in [3.63, 3.8) is 0 Å². The summed E-state index contributed by atoms with van der Waals surface area (Å²) >= 11 is 1.60. The maximum Gasteiger partial charge on any atom is 0.254 e. The smallest absolute Gasteiger partial charge is 0.254 e. The van der Waals surface area contributed by atoms with Crippen LogP contribution in [0.25, 0.3) is 10.8 Å². The molecule has 2 aliphatic heterocycles. The Morgan fingerprint density at radius 3 is 2.69 bits per heavy atom. The lowest BCUT2D eigenvalue weighted by Gasteiger charge is -2.31. The monoisotopic (exact) mass is 448 g/mol. The first-order valence-corrected chi connectivity index (χ1v) is 12.2. The Morgan fingerprint density at radius 2 is 1.88 bits per heavy atom. The molecule has 0 bridgehead atoms. The number of amides is 2. The molecule has 1 fully saturated rings. The van der Waals surface area contributed by atoms with Crippen LogP contribution in [0, 0.1) is 5.92 Å². The lowest BCUT2D eigenvalue weighted by atomic mass is 9.95. The Balaban J connectivity index is 1.20. The number of fused-ring (bicyclic) bond motifs is 2. The lowest BCUT2D eigenvalue weighted by Crippen LogP contribution is -2.41. The fourth-order valence-electron chi connectivity index (χ4n) is 4.71. The third-order valence-electron chi connectivity index (χ3n) is 6.66. The molecule has 0 radical (unpaired) electrons. The second-order valence-corrected chi connectivity index (χ2v) is 9.67. The Kier molecular flexibility index (Phi) is 5.93. The number of thiazole rings is 1. The third-order valence-corrected chi connectivity index (χ3v) is 7.66. The van der Waals surface area contributed by atoms with Crippen molar-refractivity contribution in [2.24, 2.45) is 5.92 Å². The number of anilines is 1. The maximum absolute atomic E-state index is 13.2. The first-order chi connectivity index (χ1) is 15.6. The molecule has 3 aromatic rings. The first-order valence-electron chi connectivity index (χ1n) is 11.4. The summed E-state index contributed by atoms with van der Waals surface area (Å²) in [7, 11) is 0. The van der Waals surface area contributed by atoms with E-state index in [0.29, 0.717) is 31.1 Å². The number of nitrogens with one attached hydrogen (secondary N) is 1. The van der Waals surface area contributed by atoms with E-state index in [4.69, 9.17) is 0 Å². The van der Waals surface area contributed by atoms with Gasteiger partial charge in [0.05, 0.1) is 5.69 Å². The van der Waals surface area contributed by atoms with Crippen LogP contribution < -0.4 is 5.32 Å². The van der Waals surface area contributed by atoms with Gasteiger partial charge in [-0.3, -0.25) is 14.5 Å². The quantitative estimate of drug-likeness (QED) is 0.651. The number of likely N-dealkylation sites (tertiary alicyclic amines) is 1. The highest BCUT2D eigenvalue weighted by Gasteiger charge is 2.29. The van der Waals surface area contributed by atoms with Crippen LogP contribution in [0.4, 0.5) is 5.13 Å². The zero-order valence-corrected chi connectivity index (χ0v) is 19.2. The molecule has 2 aromatic carbocycles. The fourth-order valence-corrected chi connectivity index (χ4v) is 5.76. The SMILES string of the molecule is CCN1CCc2nc(NC(=O)C3CCN(C(=O)c4cccc5ccccc45)CC3)sc2C1. The molecule has 0 unspecified atom stereocenters. The molecule has 166 valence electrons. The second-order valence-electron chi connectivity index (χ2n) is 8.59. The van der Waals surface area contributed by atoms with Crippen LogP contribution >= 0.6 is 11.3 Å². The Morgan fingerprint density at radius 1 is 1.09 bits per heavy atom. The number of hydrogen-bond donors (Lipinski definition) is 1. The molecule has 0 atom stereocenters. The van der Waals surface area contributed by atoms with E-state index in [1.807, 2.05) is 47.4 Å². The number of carbonyl (C=O) groups is 2. The molecule has 1 N–H and O–H groups in total. The molecule has 1 saturated heterocycles. The van der Waals surface area contributed by atoms with Crippen LogP contribution in [-0.2, 0) is 17.8 Å². The van der Waals surface area contributed by atoms with Crippen molar-refractivity contribution >= 4 is 39.1 Å². The highest BCUT2D eigenvalue weighted by atomic mass is 32.1. The zero-order chi connectivity index (χ0) is 22.1. The summed E-state index contributed by atoms with van der Waals surface area (Å²) in [5.74, 6) is -0.00549. The highest BCUT2D eigenvalue weighted by molar-refractivity contribution is 7.15. The van der Waals surface area contributed by atoms with Crippen molar-refractivity contribution < 1.29 is 9.59 Å². The molecule has 6 nitrogen and oxygen atoms in total. The van der Waals surface area contributed by atoms with Gasteiger partial charge in [0.1, 0.15) is 0 Å². The minimum Gasteiger partial charge on any atom is -0.339 e. The van der Waals surface area contributed by atoms with E-state index >= 15 is 0 Å². The Labute approximate surface area is 192 Å². The minimum absolute atomic E-state index is 0.0284. The molecular weight excluding hydrogens is 420 g/mol. The van der Waals surface area contributed by atoms with E-state index in [-0.39, 0.29) is 17.7 Å². The standard InChI is InChI=1S/C25H28N4O2S/c1-2-28-13-12-21-22(16-28)32-25(26-21)27-23(30)18-10-14-29(15-11-18)24(31)20-9-5-7-17-6-3-4-8-19(17)20/h3-9,18H,2,10-16H2,1H3,(H,26,27,30). The molecule has 2 aliphatic rings. The molecule has 0 saturated carbocycles. The van der Waals surface area contributed by atoms with Gasteiger partial charge in [-0.1, -0.05) is 43.3 Å². The molecule has 32 heavy (non-hydrogen) atoms. The van der Waals surface area contributed by atoms with Gasteiger partial charge in [-0.15, -0.1) is 11.3 Å². The summed E-state index contributed by atoms with van der Waals surface area (Å²) in [6.07, 6.45) is 2.30. The molecule has 5 rings (SSSR count). The first kappa shape index (κ1) is 21.1. The largest absolute Gasteiger partial charge is 0.339 e. The van der Waals surface area contributed by atoms with Gasteiger partial charge in [-0.25, -0.2) is 4.98 Å². The highest BCUT2D eigenvalue weighted by Crippen LogP contribution is 2.30. The molecule has 3 heterocycles. The summed E-state index contributed by atoms with van der Waals surface area (Å²) in [5, 5.41) is 5.81. The molecule has 0 aliphatic carbocycles. The number of hydrogen-bond acceptors (Lipinski definition) is 5. The van der Waals surface area contributed by atoms with Gasteiger partial charge in [0, 0.05) is 49.0 Å². The van der Waals surface area contributed by atoms with Crippen molar-refractivity contribution in [3.8, 4) is 0 Å². The second kappa shape index (κ2) is 9.00. The normalized spacial score (nSPS) is 17.3. The summed E-state index contributed by atoms with van der Waals surface area (Å²) in [6, 6.07) is 13.8. The fraction of sp³-hybridized carbons (Fsp3) is 0.400.